The standard InChI is InChI=1S/C12H12N2O2/c1-14-10(4-5-13-14)9-2-3-11-12(8-9)16-7-6-15-11/h2-5,8H,6-7H2,1H3. The van der Waals surface area contributed by atoms with Gasteiger partial charge in [-0.05, 0) is 24.3 Å². The Bertz CT molecular complexity index is 519. The molecule has 0 spiro atoms. The van der Waals surface area contributed by atoms with Gasteiger partial charge in [0.15, 0.2) is 11.5 Å². The summed E-state index contributed by atoms with van der Waals surface area (Å²) in [7, 11) is 1.92. The zero-order valence-corrected chi connectivity index (χ0v) is 9.01. The van der Waals surface area contributed by atoms with E-state index in [1.807, 2.05) is 36.0 Å². The van der Waals surface area contributed by atoms with Crippen molar-refractivity contribution in [3.63, 3.8) is 0 Å². The predicted octanol–water partition coefficient (Wildman–Crippen LogP) is 1.86. The van der Waals surface area contributed by atoms with E-state index in [0.29, 0.717) is 13.2 Å². The highest BCUT2D eigenvalue weighted by Crippen LogP contribution is 2.34. The van der Waals surface area contributed by atoms with Gasteiger partial charge in [-0.2, -0.15) is 5.10 Å². The molecule has 2 heterocycles. The van der Waals surface area contributed by atoms with E-state index < -0.39 is 0 Å². The lowest BCUT2D eigenvalue weighted by atomic mass is 10.1. The second-order valence-corrected chi connectivity index (χ2v) is 3.70. The minimum Gasteiger partial charge on any atom is -0.486 e. The maximum Gasteiger partial charge on any atom is 0.162 e. The van der Waals surface area contributed by atoms with Crippen LogP contribution in [0.5, 0.6) is 11.5 Å². The van der Waals surface area contributed by atoms with Crippen LogP contribution in [0.2, 0.25) is 0 Å². The Hall–Kier alpha value is -1.97. The quantitative estimate of drug-likeness (QED) is 0.730. The Balaban J connectivity index is 2.06. The molecule has 0 unspecified atom stereocenters. The van der Waals surface area contributed by atoms with Gasteiger partial charge < -0.3 is 9.47 Å². The van der Waals surface area contributed by atoms with Gasteiger partial charge in [0.25, 0.3) is 0 Å². The predicted molar refractivity (Wildman–Crippen MR) is 59.6 cm³/mol. The van der Waals surface area contributed by atoms with Gasteiger partial charge in [-0.25, -0.2) is 0 Å². The Kier molecular flexibility index (Phi) is 2.06. The van der Waals surface area contributed by atoms with Crippen LogP contribution in [0.3, 0.4) is 0 Å². The molecule has 0 atom stereocenters. The monoisotopic (exact) mass is 216 g/mol. The summed E-state index contributed by atoms with van der Waals surface area (Å²) in [6.45, 7) is 1.24. The van der Waals surface area contributed by atoms with Crippen LogP contribution in [0.1, 0.15) is 0 Å². The number of benzene rings is 1. The molecule has 0 bridgehead atoms. The van der Waals surface area contributed by atoms with Crippen LogP contribution < -0.4 is 9.47 Å². The van der Waals surface area contributed by atoms with Crippen molar-refractivity contribution in [3.05, 3.63) is 30.5 Å². The van der Waals surface area contributed by atoms with Crippen LogP contribution in [-0.2, 0) is 7.05 Å². The first-order chi connectivity index (χ1) is 7.84. The third-order valence-corrected chi connectivity index (χ3v) is 2.66. The summed E-state index contributed by atoms with van der Waals surface area (Å²) in [5.74, 6) is 1.63. The molecule has 2 aromatic rings. The van der Waals surface area contributed by atoms with Gasteiger partial charge in [-0.3, -0.25) is 4.68 Å². The molecule has 4 heteroatoms. The molecule has 0 amide bonds. The van der Waals surface area contributed by atoms with E-state index in [0.717, 1.165) is 22.8 Å². The molecular formula is C12H12N2O2. The minimum atomic E-state index is 0.613. The molecule has 16 heavy (non-hydrogen) atoms. The zero-order valence-electron chi connectivity index (χ0n) is 9.01. The number of hydrogen-bond donors (Lipinski definition) is 0. The SMILES string of the molecule is Cn1nccc1-c1ccc2c(c1)OCCO2. The van der Waals surface area contributed by atoms with Crippen molar-refractivity contribution in [3.8, 4) is 22.8 Å². The van der Waals surface area contributed by atoms with Crippen molar-refractivity contribution >= 4 is 0 Å². The molecule has 82 valence electrons. The maximum atomic E-state index is 5.55. The Labute approximate surface area is 93.4 Å². The molecule has 4 nitrogen and oxygen atoms in total. The normalized spacial score (nSPS) is 13.8. The van der Waals surface area contributed by atoms with E-state index in [9.17, 15) is 0 Å². The van der Waals surface area contributed by atoms with E-state index in [1.165, 1.54) is 0 Å². The number of aromatic nitrogens is 2. The van der Waals surface area contributed by atoms with Gasteiger partial charge in [0, 0.05) is 18.8 Å². The van der Waals surface area contributed by atoms with Gasteiger partial charge in [-0.1, -0.05) is 0 Å². The van der Waals surface area contributed by atoms with Crippen LogP contribution in [0, 0.1) is 0 Å². The lowest BCUT2D eigenvalue weighted by molar-refractivity contribution is 0.171. The van der Waals surface area contributed by atoms with Gasteiger partial charge in [0.05, 0.1) is 5.69 Å². The molecule has 0 N–H and O–H groups in total. The van der Waals surface area contributed by atoms with Crippen molar-refractivity contribution in [2.45, 2.75) is 0 Å². The van der Waals surface area contributed by atoms with Crippen LogP contribution in [0.15, 0.2) is 30.5 Å². The third-order valence-electron chi connectivity index (χ3n) is 2.66. The molecular weight excluding hydrogens is 204 g/mol. The number of ether oxygens (including phenoxy) is 2. The molecule has 1 aromatic heterocycles. The summed E-state index contributed by atoms with van der Waals surface area (Å²) in [5, 5.41) is 4.15. The van der Waals surface area contributed by atoms with Crippen molar-refractivity contribution in [1.82, 2.24) is 9.78 Å². The smallest absolute Gasteiger partial charge is 0.162 e. The van der Waals surface area contributed by atoms with Crippen molar-refractivity contribution < 1.29 is 9.47 Å². The van der Waals surface area contributed by atoms with Gasteiger partial charge >= 0.3 is 0 Å². The first-order valence-electron chi connectivity index (χ1n) is 5.22. The minimum absolute atomic E-state index is 0.613. The summed E-state index contributed by atoms with van der Waals surface area (Å²) in [6, 6.07) is 7.93. The fourth-order valence-corrected chi connectivity index (χ4v) is 1.86. The van der Waals surface area contributed by atoms with E-state index >= 15 is 0 Å². The topological polar surface area (TPSA) is 36.3 Å². The fraction of sp³-hybridized carbons (Fsp3) is 0.250. The molecule has 1 aliphatic heterocycles. The van der Waals surface area contributed by atoms with Crippen LogP contribution in [0.4, 0.5) is 0 Å². The summed E-state index contributed by atoms with van der Waals surface area (Å²) in [4.78, 5) is 0. The van der Waals surface area contributed by atoms with Gasteiger partial charge in [0.1, 0.15) is 13.2 Å². The van der Waals surface area contributed by atoms with Crippen molar-refractivity contribution in [2.24, 2.45) is 7.05 Å². The Morgan fingerprint density at radius 1 is 1.12 bits per heavy atom. The lowest BCUT2D eigenvalue weighted by Gasteiger charge is -2.18. The molecule has 0 aliphatic carbocycles. The summed E-state index contributed by atoms with van der Waals surface area (Å²) in [5.41, 5.74) is 2.15. The third kappa shape index (κ3) is 1.43. The van der Waals surface area contributed by atoms with E-state index in [2.05, 4.69) is 5.10 Å². The second-order valence-electron chi connectivity index (χ2n) is 3.70. The van der Waals surface area contributed by atoms with Crippen molar-refractivity contribution in [2.75, 3.05) is 13.2 Å². The maximum absolute atomic E-state index is 5.55. The highest BCUT2D eigenvalue weighted by atomic mass is 16.6. The second kappa shape index (κ2) is 3.56. The lowest BCUT2D eigenvalue weighted by Crippen LogP contribution is -2.15. The molecule has 0 fully saturated rings. The molecule has 0 radical (unpaired) electrons. The number of fused-ring (bicyclic) bond motifs is 1. The van der Waals surface area contributed by atoms with E-state index in [-0.39, 0.29) is 0 Å². The zero-order chi connectivity index (χ0) is 11.0. The van der Waals surface area contributed by atoms with E-state index in [1.54, 1.807) is 6.20 Å². The average Bonchev–Trinajstić information content (AvgIpc) is 2.75. The summed E-state index contributed by atoms with van der Waals surface area (Å²) < 4.78 is 12.9. The largest absolute Gasteiger partial charge is 0.486 e. The molecule has 0 saturated heterocycles. The van der Waals surface area contributed by atoms with Gasteiger partial charge in [-0.15, -0.1) is 0 Å². The van der Waals surface area contributed by atoms with Crippen molar-refractivity contribution in [1.29, 1.82) is 0 Å². The number of rotatable bonds is 1. The van der Waals surface area contributed by atoms with Crippen LogP contribution in [0.25, 0.3) is 11.3 Å². The van der Waals surface area contributed by atoms with Crippen LogP contribution >= 0.6 is 0 Å². The number of aryl methyl sites for hydroxylation is 1. The first kappa shape index (κ1) is 9.27. The summed E-state index contributed by atoms with van der Waals surface area (Å²) in [6.07, 6.45) is 1.78. The highest BCUT2D eigenvalue weighted by Gasteiger charge is 2.13. The Morgan fingerprint density at radius 2 is 1.94 bits per heavy atom. The Morgan fingerprint density at radius 3 is 2.69 bits per heavy atom. The number of hydrogen-bond acceptors (Lipinski definition) is 3. The molecule has 3 rings (SSSR count). The fourth-order valence-electron chi connectivity index (χ4n) is 1.86. The average molecular weight is 216 g/mol. The molecule has 0 saturated carbocycles. The highest BCUT2D eigenvalue weighted by molar-refractivity contribution is 5.64. The summed E-state index contributed by atoms with van der Waals surface area (Å²) >= 11 is 0. The van der Waals surface area contributed by atoms with E-state index in [4.69, 9.17) is 9.47 Å². The molecule has 1 aliphatic rings. The molecule has 1 aromatic carbocycles. The number of nitrogens with zero attached hydrogens (tertiary/aromatic N) is 2. The first-order valence-corrected chi connectivity index (χ1v) is 5.22. The van der Waals surface area contributed by atoms with Gasteiger partial charge in [0.2, 0.25) is 0 Å². The van der Waals surface area contributed by atoms with Crippen LogP contribution in [-0.4, -0.2) is 23.0 Å².